The maximum absolute atomic E-state index is 13.4. The first-order valence-corrected chi connectivity index (χ1v) is 5.04. The highest BCUT2D eigenvalue weighted by atomic mass is 19.1. The van der Waals surface area contributed by atoms with Crippen LogP contribution in [0.1, 0.15) is 12.5 Å². The van der Waals surface area contributed by atoms with Crippen molar-refractivity contribution in [1.29, 1.82) is 0 Å². The summed E-state index contributed by atoms with van der Waals surface area (Å²) in [5, 5.41) is 0.904. The molecule has 4 heteroatoms. The Balaban J connectivity index is 2.70. The van der Waals surface area contributed by atoms with E-state index in [9.17, 15) is 4.39 Å². The van der Waals surface area contributed by atoms with Gasteiger partial charge in [0.25, 0.3) is 0 Å². The summed E-state index contributed by atoms with van der Waals surface area (Å²) in [6.07, 6.45) is 1.76. The van der Waals surface area contributed by atoms with E-state index in [1.807, 2.05) is 13.0 Å². The van der Waals surface area contributed by atoms with Crippen LogP contribution in [0.5, 0.6) is 0 Å². The van der Waals surface area contributed by atoms with E-state index in [4.69, 9.17) is 0 Å². The summed E-state index contributed by atoms with van der Waals surface area (Å²) in [6, 6.07) is 4.76. The fourth-order valence-corrected chi connectivity index (χ4v) is 1.69. The molecule has 2 rings (SSSR count). The van der Waals surface area contributed by atoms with Gasteiger partial charge in [0.1, 0.15) is 5.82 Å². The van der Waals surface area contributed by atoms with Crippen molar-refractivity contribution in [3.8, 4) is 0 Å². The minimum atomic E-state index is -0.308. The first-order valence-electron chi connectivity index (χ1n) is 5.04. The molecule has 0 atom stereocenters. The Kier molecular flexibility index (Phi) is 2.81. The molecule has 1 N–H and O–H groups in total. The summed E-state index contributed by atoms with van der Waals surface area (Å²) >= 11 is 0. The van der Waals surface area contributed by atoms with Crippen LogP contribution in [-0.4, -0.2) is 24.1 Å². The summed E-state index contributed by atoms with van der Waals surface area (Å²) in [6.45, 7) is 5.96. The summed E-state index contributed by atoms with van der Waals surface area (Å²) in [5.74, 6) is 0.170. The van der Waals surface area contributed by atoms with Gasteiger partial charge < -0.3 is 4.98 Å². The number of nitrogens with zero attached hydrogens (tertiary/aromatic N) is 2. The van der Waals surface area contributed by atoms with Gasteiger partial charge in [-0.1, -0.05) is 0 Å². The van der Waals surface area contributed by atoms with Crippen molar-refractivity contribution in [3.63, 3.8) is 0 Å². The van der Waals surface area contributed by atoms with Crippen molar-refractivity contribution < 1.29 is 4.39 Å². The summed E-state index contributed by atoms with van der Waals surface area (Å²) < 4.78 is 13.4. The Labute approximate surface area is 92.7 Å². The molecule has 0 fully saturated rings. The number of aromatic amines is 1. The van der Waals surface area contributed by atoms with Crippen LogP contribution in [-0.2, 0) is 0 Å². The quantitative estimate of drug-likeness (QED) is 0.593. The predicted octanol–water partition coefficient (Wildman–Crippen LogP) is 2.77. The van der Waals surface area contributed by atoms with Crippen molar-refractivity contribution in [2.45, 2.75) is 6.92 Å². The first kappa shape index (κ1) is 10.5. The van der Waals surface area contributed by atoms with Crippen molar-refractivity contribution in [1.82, 2.24) is 4.98 Å². The lowest BCUT2D eigenvalue weighted by atomic mass is 10.1. The molecular formula is C12H12FN3. The van der Waals surface area contributed by atoms with Gasteiger partial charge in [-0.2, -0.15) is 0 Å². The number of benzene rings is 1. The highest BCUT2D eigenvalue weighted by Gasteiger charge is 2.09. The normalized spacial score (nSPS) is 12.0. The molecule has 0 saturated carbocycles. The van der Waals surface area contributed by atoms with Crippen molar-refractivity contribution in [2.75, 3.05) is 6.54 Å². The molecule has 82 valence electrons. The Bertz CT molecular complexity index is 554. The zero-order valence-corrected chi connectivity index (χ0v) is 9.00. The van der Waals surface area contributed by atoms with E-state index in [2.05, 4.69) is 21.7 Å². The van der Waals surface area contributed by atoms with E-state index in [1.165, 1.54) is 12.1 Å². The molecule has 2 aromatic rings. The fraction of sp³-hybridized carbons (Fsp3) is 0.167. The van der Waals surface area contributed by atoms with E-state index >= 15 is 0 Å². The monoisotopic (exact) mass is 217 g/mol. The molecule has 0 unspecified atom stereocenters. The van der Waals surface area contributed by atoms with Gasteiger partial charge in [0.15, 0.2) is 5.84 Å². The van der Waals surface area contributed by atoms with E-state index in [0.29, 0.717) is 17.9 Å². The molecule has 0 aliphatic rings. The van der Waals surface area contributed by atoms with Crippen LogP contribution >= 0.6 is 0 Å². The first-order chi connectivity index (χ1) is 7.76. The minimum absolute atomic E-state index is 0.308. The lowest BCUT2D eigenvalue weighted by Crippen LogP contribution is -1.99. The van der Waals surface area contributed by atoms with E-state index in [0.717, 1.165) is 10.9 Å². The average molecular weight is 217 g/mol. The number of hydrogen-bond donors (Lipinski definition) is 1. The Hall–Kier alpha value is -1.97. The van der Waals surface area contributed by atoms with E-state index in [-0.39, 0.29) is 5.82 Å². The van der Waals surface area contributed by atoms with Crippen LogP contribution in [0.25, 0.3) is 10.9 Å². The molecule has 0 radical (unpaired) electrons. The van der Waals surface area contributed by atoms with Crippen LogP contribution in [0, 0.1) is 5.82 Å². The smallest absolute Gasteiger partial charge is 0.154 e. The molecule has 1 aromatic carbocycles. The van der Waals surface area contributed by atoms with Crippen LogP contribution in [0.4, 0.5) is 4.39 Å². The lowest BCUT2D eigenvalue weighted by Gasteiger charge is -2.03. The predicted molar refractivity (Wildman–Crippen MR) is 64.9 cm³/mol. The third kappa shape index (κ3) is 1.74. The fourth-order valence-electron chi connectivity index (χ4n) is 1.69. The number of nitrogens with one attached hydrogen (secondary N) is 1. The number of fused-ring (bicyclic) bond motifs is 1. The zero-order chi connectivity index (χ0) is 11.5. The number of aliphatic imine (C=N–C) groups is 2. The number of amidine groups is 1. The van der Waals surface area contributed by atoms with Gasteiger partial charge in [0.2, 0.25) is 0 Å². The third-order valence-corrected chi connectivity index (χ3v) is 2.33. The molecule has 3 nitrogen and oxygen atoms in total. The highest BCUT2D eigenvalue weighted by Crippen LogP contribution is 2.20. The molecule has 0 aliphatic carbocycles. The Morgan fingerprint density at radius 1 is 1.50 bits per heavy atom. The van der Waals surface area contributed by atoms with E-state index < -0.39 is 0 Å². The lowest BCUT2D eigenvalue weighted by molar-refractivity contribution is 0.629. The second-order valence-electron chi connectivity index (χ2n) is 3.35. The maximum Gasteiger partial charge on any atom is 0.154 e. The van der Waals surface area contributed by atoms with Crippen LogP contribution in [0.3, 0.4) is 0 Å². The van der Waals surface area contributed by atoms with Gasteiger partial charge in [-0.15, -0.1) is 0 Å². The second-order valence-corrected chi connectivity index (χ2v) is 3.35. The highest BCUT2D eigenvalue weighted by molar-refractivity contribution is 6.10. The molecule has 1 heterocycles. The molecular weight excluding hydrogens is 205 g/mol. The van der Waals surface area contributed by atoms with Crippen LogP contribution in [0.2, 0.25) is 0 Å². The van der Waals surface area contributed by atoms with Crippen LogP contribution < -0.4 is 0 Å². The van der Waals surface area contributed by atoms with Gasteiger partial charge in [-0.25, -0.2) is 9.38 Å². The number of H-pyrrole nitrogens is 1. The Morgan fingerprint density at radius 2 is 2.31 bits per heavy atom. The molecule has 0 bridgehead atoms. The van der Waals surface area contributed by atoms with Crippen molar-refractivity contribution >= 4 is 23.5 Å². The Morgan fingerprint density at radius 3 is 3.00 bits per heavy atom. The number of rotatable bonds is 2. The summed E-state index contributed by atoms with van der Waals surface area (Å²) in [4.78, 5) is 11.0. The molecule has 0 saturated heterocycles. The standard InChI is InChI=1S/C12H12FN3/c1-3-15-12(14-2)10-6-8(13)7-11-9(10)4-5-16-11/h4-7,16H,2-3H2,1H3/b15-12-. The van der Waals surface area contributed by atoms with Gasteiger partial charge in [-0.05, 0) is 31.8 Å². The summed E-state index contributed by atoms with van der Waals surface area (Å²) in [7, 11) is 0. The van der Waals surface area contributed by atoms with Gasteiger partial charge in [-0.3, -0.25) is 4.99 Å². The topological polar surface area (TPSA) is 40.5 Å². The van der Waals surface area contributed by atoms with Gasteiger partial charge in [0.05, 0.1) is 0 Å². The zero-order valence-electron chi connectivity index (χ0n) is 9.00. The maximum atomic E-state index is 13.4. The molecule has 1 aromatic heterocycles. The molecule has 16 heavy (non-hydrogen) atoms. The number of halogens is 1. The van der Waals surface area contributed by atoms with Crippen molar-refractivity contribution in [3.05, 3.63) is 35.8 Å². The van der Waals surface area contributed by atoms with Gasteiger partial charge in [0, 0.05) is 29.2 Å². The van der Waals surface area contributed by atoms with Gasteiger partial charge >= 0.3 is 0 Å². The van der Waals surface area contributed by atoms with E-state index in [1.54, 1.807) is 6.20 Å². The number of aromatic nitrogens is 1. The molecule has 0 amide bonds. The average Bonchev–Trinajstić information content (AvgIpc) is 2.72. The number of hydrogen-bond acceptors (Lipinski definition) is 1. The second kappa shape index (κ2) is 4.26. The molecule has 0 spiro atoms. The van der Waals surface area contributed by atoms with Crippen LogP contribution in [0.15, 0.2) is 34.4 Å². The summed E-state index contributed by atoms with van der Waals surface area (Å²) in [5.41, 5.74) is 1.41. The molecule has 0 aliphatic heterocycles. The minimum Gasteiger partial charge on any atom is -0.361 e. The third-order valence-electron chi connectivity index (χ3n) is 2.33. The van der Waals surface area contributed by atoms with Crippen molar-refractivity contribution in [2.24, 2.45) is 9.98 Å². The largest absolute Gasteiger partial charge is 0.361 e. The SMILES string of the molecule is C=N/C(=N\CC)c1cc(F)cc2[nH]ccc12.